The zero-order valence-corrected chi connectivity index (χ0v) is 13.3. The predicted molar refractivity (Wildman–Crippen MR) is 90.9 cm³/mol. The van der Waals surface area contributed by atoms with E-state index in [1.807, 2.05) is 30.3 Å². The van der Waals surface area contributed by atoms with Gasteiger partial charge in [0, 0.05) is 12.2 Å². The Morgan fingerprint density at radius 1 is 1.14 bits per heavy atom. The van der Waals surface area contributed by atoms with Gasteiger partial charge in [-0.1, -0.05) is 24.3 Å². The summed E-state index contributed by atoms with van der Waals surface area (Å²) in [6.45, 7) is 7.09. The van der Waals surface area contributed by atoms with Crippen molar-refractivity contribution in [3.05, 3.63) is 54.1 Å². The number of anilines is 3. The summed E-state index contributed by atoms with van der Waals surface area (Å²) in [5.41, 5.74) is 3.99. The molecule has 0 bridgehead atoms. The van der Waals surface area contributed by atoms with Crippen molar-refractivity contribution in [3.8, 4) is 0 Å². The Balaban J connectivity index is 2.35. The molecule has 0 atom stereocenters. The van der Waals surface area contributed by atoms with Crippen LogP contribution in [0.25, 0.3) is 0 Å². The van der Waals surface area contributed by atoms with Crippen molar-refractivity contribution >= 4 is 23.2 Å². The first-order valence-electron chi connectivity index (χ1n) is 7.52. The van der Waals surface area contributed by atoms with Crippen LogP contribution in [0.1, 0.15) is 19.4 Å². The number of benzene rings is 2. The highest BCUT2D eigenvalue weighted by Gasteiger charge is 2.13. The van der Waals surface area contributed by atoms with Crippen molar-refractivity contribution in [2.75, 3.05) is 23.4 Å². The maximum absolute atomic E-state index is 11.7. The van der Waals surface area contributed by atoms with Crippen LogP contribution in [0.15, 0.2) is 48.5 Å². The van der Waals surface area contributed by atoms with Crippen LogP contribution in [0.4, 0.5) is 21.9 Å². The summed E-state index contributed by atoms with van der Waals surface area (Å²) in [5.74, 6) is 0. The minimum absolute atomic E-state index is 0.351. The van der Waals surface area contributed by atoms with Crippen LogP contribution in [-0.4, -0.2) is 19.2 Å². The molecule has 2 aromatic carbocycles. The molecule has 1 amide bonds. The number of para-hydroxylation sites is 2. The number of nitrogens with zero attached hydrogens (tertiary/aromatic N) is 1. The summed E-state index contributed by atoms with van der Waals surface area (Å²) in [5, 5.41) is 2.81. The van der Waals surface area contributed by atoms with E-state index in [9.17, 15) is 4.79 Å². The molecule has 0 spiro atoms. The highest BCUT2D eigenvalue weighted by atomic mass is 16.5. The second-order valence-corrected chi connectivity index (χ2v) is 4.95. The number of amides is 1. The Hall–Kier alpha value is -2.49. The molecule has 0 aromatic heterocycles. The molecule has 2 aromatic rings. The molecule has 0 heterocycles. The topological polar surface area (TPSA) is 41.6 Å². The molecule has 0 aliphatic carbocycles. The first kappa shape index (κ1) is 15.9. The van der Waals surface area contributed by atoms with Gasteiger partial charge >= 0.3 is 6.09 Å². The first-order chi connectivity index (χ1) is 10.7. The Labute approximate surface area is 131 Å². The number of ether oxygens (including phenoxy) is 1. The van der Waals surface area contributed by atoms with E-state index in [0.717, 1.165) is 23.6 Å². The molecule has 0 saturated carbocycles. The van der Waals surface area contributed by atoms with Crippen molar-refractivity contribution < 1.29 is 9.53 Å². The average molecular weight is 298 g/mol. The molecule has 22 heavy (non-hydrogen) atoms. The highest BCUT2D eigenvalue weighted by molar-refractivity contribution is 5.91. The second-order valence-electron chi connectivity index (χ2n) is 4.95. The van der Waals surface area contributed by atoms with Gasteiger partial charge in [-0.05, 0) is 50.6 Å². The molecule has 4 nitrogen and oxygen atoms in total. The normalized spacial score (nSPS) is 10.1. The van der Waals surface area contributed by atoms with E-state index < -0.39 is 6.09 Å². The predicted octanol–water partition coefficient (Wildman–Crippen LogP) is 4.72. The summed E-state index contributed by atoms with van der Waals surface area (Å²) in [6, 6.07) is 16.0. The van der Waals surface area contributed by atoms with Gasteiger partial charge in [0.25, 0.3) is 0 Å². The number of nitrogens with one attached hydrogen (secondary N) is 1. The number of hydrogen-bond donors (Lipinski definition) is 1. The molecule has 0 radical (unpaired) electrons. The summed E-state index contributed by atoms with van der Waals surface area (Å²) in [4.78, 5) is 13.9. The summed E-state index contributed by atoms with van der Waals surface area (Å²) in [7, 11) is 0. The van der Waals surface area contributed by atoms with Gasteiger partial charge in [-0.15, -0.1) is 0 Å². The standard InChI is InChI=1S/C18H22N2O2/c1-4-20(15-10-8-9-14(3)13-15)17-12-7-6-11-16(17)19-18(21)22-5-2/h6-13H,4-5H2,1-3H3,(H,19,21). The van der Waals surface area contributed by atoms with Crippen LogP contribution in [0.5, 0.6) is 0 Å². The Kier molecular flexibility index (Phi) is 5.42. The molecule has 0 unspecified atom stereocenters. The fraction of sp³-hybridized carbons (Fsp3) is 0.278. The third-order valence-electron chi connectivity index (χ3n) is 3.34. The summed E-state index contributed by atoms with van der Waals surface area (Å²) >= 11 is 0. The van der Waals surface area contributed by atoms with Gasteiger partial charge in [0.15, 0.2) is 0 Å². The van der Waals surface area contributed by atoms with E-state index in [2.05, 4.69) is 42.3 Å². The molecule has 4 heteroatoms. The molecule has 1 N–H and O–H groups in total. The van der Waals surface area contributed by atoms with Crippen LogP contribution in [-0.2, 0) is 4.74 Å². The quantitative estimate of drug-likeness (QED) is 0.868. The number of hydrogen-bond acceptors (Lipinski definition) is 3. The van der Waals surface area contributed by atoms with Gasteiger partial charge in [-0.2, -0.15) is 0 Å². The molecule has 2 rings (SSSR count). The van der Waals surface area contributed by atoms with Crippen molar-refractivity contribution in [1.82, 2.24) is 0 Å². The first-order valence-corrected chi connectivity index (χ1v) is 7.52. The molecule has 0 fully saturated rings. The molecule has 0 aliphatic rings. The minimum atomic E-state index is -0.435. The number of carbonyl (C=O) groups excluding carboxylic acids is 1. The third kappa shape index (κ3) is 3.79. The minimum Gasteiger partial charge on any atom is -0.450 e. The van der Waals surface area contributed by atoms with Crippen LogP contribution < -0.4 is 10.2 Å². The number of aryl methyl sites for hydroxylation is 1. The van der Waals surface area contributed by atoms with Crippen LogP contribution >= 0.6 is 0 Å². The molecular weight excluding hydrogens is 276 g/mol. The van der Waals surface area contributed by atoms with E-state index in [0.29, 0.717) is 6.61 Å². The van der Waals surface area contributed by atoms with Gasteiger partial charge in [0.05, 0.1) is 18.0 Å². The molecular formula is C18H22N2O2. The lowest BCUT2D eigenvalue weighted by Crippen LogP contribution is -2.20. The van der Waals surface area contributed by atoms with Crippen molar-refractivity contribution in [2.24, 2.45) is 0 Å². The molecule has 0 aliphatic heterocycles. The van der Waals surface area contributed by atoms with E-state index in [1.54, 1.807) is 6.92 Å². The lowest BCUT2D eigenvalue weighted by Gasteiger charge is -2.26. The molecule has 116 valence electrons. The van der Waals surface area contributed by atoms with Crippen LogP contribution in [0, 0.1) is 6.92 Å². The van der Waals surface area contributed by atoms with Gasteiger partial charge < -0.3 is 9.64 Å². The van der Waals surface area contributed by atoms with Crippen LogP contribution in [0.2, 0.25) is 0 Å². The maximum atomic E-state index is 11.7. The zero-order valence-electron chi connectivity index (χ0n) is 13.3. The SMILES string of the molecule is CCOC(=O)Nc1ccccc1N(CC)c1cccc(C)c1. The summed E-state index contributed by atoms with van der Waals surface area (Å²) in [6.07, 6.45) is -0.435. The fourth-order valence-corrected chi connectivity index (χ4v) is 2.38. The monoisotopic (exact) mass is 298 g/mol. The highest BCUT2D eigenvalue weighted by Crippen LogP contribution is 2.32. The zero-order chi connectivity index (χ0) is 15.9. The van der Waals surface area contributed by atoms with Crippen molar-refractivity contribution in [1.29, 1.82) is 0 Å². The Morgan fingerprint density at radius 2 is 1.91 bits per heavy atom. The van der Waals surface area contributed by atoms with Gasteiger partial charge in [-0.3, -0.25) is 5.32 Å². The van der Waals surface area contributed by atoms with Gasteiger partial charge in [0.2, 0.25) is 0 Å². The van der Waals surface area contributed by atoms with E-state index >= 15 is 0 Å². The van der Waals surface area contributed by atoms with E-state index in [1.165, 1.54) is 5.56 Å². The number of carbonyl (C=O) groups is 1. The van der Waals surface area contributed by atoms with Gasteiger partial charge in [-0.25, -0.2) is 4.79 Å². The van der Waals surface area contributed by atoms with Crippen molar-refractivity contribution in [2.45, 2.75) is 20.8 Å². The smallest absolute Gasteiger partial charge is 0.411 e. The van der Waals surface area contributed by atoms with Crippen LogP contribution in [0.3, 0.4) is 0 Å². The van der Waals surface area contributed by atoms with E-state index in [-0.39, 0.29) is 0 Å². The number of rotatable bonds is 5. The Morgan fingerprint density at radius 3 is 2.59 bits per heavy atom. The lowest BCUT2D eigenvalue weighted by molar-refractivity contribution is 0.168. The molecule has 0 saturated heterocycles. The second kappa shape index (κ2) is 7.50. The maximum Gasteiger partial charge on any atom is 0.411 e. The largest absolute Gasteiger partial charge is 0.450 e. The lowest BCUT2D eigenvalue weighted by atomic mass is 10.1. The van der Waals surface area contributed by atoms with Crippen molar-refractivity contribution in [3.63, 3.8) is 0 Å². The van der Waals surface area contributed by atoms with E-state index in [4.69, 9.17) is 4.74 Å². The summed E-state index contributed by atoms with van der Waals surface area (Å²) < 4.78 is 4.97. The third-order valence-corrected chi connectivity index (χ3v) is 3.34. The fourth-order valence-electron chi connectivity index (χ4n) is 2.38. The average Bonchev–Trinajstić information content (AvgIpc) is 2.50. The Bertz CT molecular complexity index is 640. The van der Waals surface area contributed by atoms with Gasteiger partial charge in [0.1, 0.15) is 0 Å².